The quantitative estimate of drug-likeness (QED) is 0.756. The van der Waals surface area contributed by atoms with Crippen molar-refractivity contribution >= 4 is 5.65 Å². The topological polar surface area (TPSA) is 63.1 Å². The minimum atomic E-state index is -0.0608. The first kappa shape index (κ1) is 11.6. The van der Waals surface area contributed by atoms with E-state index in [1.54, 1.807) is 4.52 Å². The van der Waals surface area contributed by atoms with E-state index in [0.29, 0.717) is 12.1 Å². The van der Waals surface area contributed by atoms with E-state index in [1.807, 2.05) is 26.0 Å². The van der Waals surface area contributed by atoms with Crippen LogP contribution in [0, 0.1) is 13.8 Å². The van der Waals surface area contributed by atoms with Gasteiger partial charge in [-0.25, -0.2) is 4.52 Å². The second-order valence-corrected chi connectivity index (χ2v) is 4.73. The number of aryl methyl sites for hydroxylation is 2. The molecule has 2 heterocycles. The van der Waals surface area contributed by atoms with Crippen LogP contribution in [0.3, 0.4) is 0 Å². The zero-order chi connectivity index (χ0) is 13.4. The predicted molar refractivity (Wildman–Crippen MR) is 72.3 cm³/mol. The third-order valence-corrected chi connectivity index (χ3v) is 3.27. The van der Waals surface area contributed by atoms with Gasteiger partial charge < -0.3 is 0 Å². The van der Waals surface area contributed by atoms with Crippen molar-refractivity contribution in [3.63, 3.8) is 0 Å². The zero-order valence-corrected chi connectivity index (χ0v) is 10.8. The van der Waals surface area contributed by atoms with E-state index >= 15 is 0 Å². The van der Waals surface area contributed by atoms with Crippen molar-refractivity contribution in [2.24, 2.45) is 0 Å². The number of nitrogens with one attached hydrogen (secondary N) is 1. The molecule has 0 aliphatic carbocycles. The SMILES string of the molecule is Cc1ccc(Cc2c(C)[nH]n3cnnc3c2=O)cc1. The number of benzene rings is 1. The number of hydrogen-bond acceptors (Lipinski definition) is 3. The lowest BCUT2D eigenvalue weighted by Gasteiger charge is -2.06. The standard InChI is InChI=1S/C14H14N4O/c1-9-3-5-11(6-4-9)7-12-10(2)17-18-8-15-16-14(18)13(12)19/h3-6,8,17H,7H2,1-2H3. The van der Waals surface area contributed by atoms with Crippen LogP contribution in [-0.4, -0.2) is 19.8 Å². The molecule has 0 aliphatic rings. The van der Waals surface area contributed by atoms with Crippen LogP contribution in [0.4, 0.5) is 0 Å². The van der Waals surface area contributed by atoms with Gasteiger partial charge in [0.2, 0.25) is 11.1 Å². The lowest BCUT2D eigenvalue weighted by molar-refractivity contribution is 0.865. The second kappa shape index (κ2) is 4.35. The third kappa shape index (κ3) is 2.03. The van der Waals surface area contributed by atoms with E-state index in [-0.39, 0.29) is 5.43 Å². The molecular weight excluding hydrogens is 240 g/mol. The minimum Gasteiger partial charge on any atom is -0.295 e. The van der Waals surface area contributed by atoms with Crippen LogP contribution >= 0.6 is 0 Å². The zero-order valence-electron chi connectivity index (χ0n) is 10.8. The van der Waals surface area contributed by atoms with Crippen LogP contribution in [0.1, 0.15) is 22.4 Å². The maximum Gasteiger partial charge on any atom is 0.230 e. The van der Waals surface area contributed by atoms with Gasteiger partial charge in [-0.15, -0.1) is 10.2 Å². The van der Waals surface area contributed by atoms with Crippen LogP contribution in [0.15, 0.2) is 35.4 Å². The molecule has 0 atom stereocenters. The second-order valence-electron chi connectivity index (χ2n) is 4.73. The van der Waals surface area contributed by atoms with Gasteiger partial charge in [0.25, 0.3) is 0 Å². The molecule has 1 aromatic carbocycles. The summed E-state index contributed by atoms with van der Waals surface area (Å²) in [5.74, 6) is 0. The molecule has 0 saturated heterocycles. The highest BCUT2D eigenvalue weighted by atomic mass is 16.1. The summed E-state index contributed by atoms with van der Waals surface area (Å²) >= 11 is 0. The van der Waals surface area contributed by atoms with Gasteiger partial charge in [0.1, 0.15) is 6.33 Å². The summed E-state index contributed by atoms with van der Waals surface area (Å²) in [6, 6.07) is 8.19. The van der Waals surface area contributed by atoms with Crippen molar-refractivity contribution < 1.29 is 0 Å². The molecule has 0 radical (unpaired) electrons. The van der Waals surface area contributed by atoms with E-state index in [4.69, 9.17) is 0 Å². The molecule has 0 spiro atoms. The summed E-state index contributed by atoms with van der Waals surface area (Å²) in [4.78, 5) is 12.3. The van der Waals surface area contributed by atoms with Crippen molar-refractivity contribution in [2.75, 3.05) is 0 Å². The number of aromatic nitrogens is 4. The molecule has 2 aromatic heterocycles. The van der Waals surface area contributed by atoms with Crippen molar-refractivity contribution in [2.45, 2.75) is 20.3 Å². The normalized spacial score (nSPS) is 11.1. The number of fused-ring (bicyclic) bond motifs is 1. The molecular formula is C14H14N4O. The maximum absolute atomic E-state index is 12.3. The smallest absolute Gasteiger partial charge is 0.230 e. The molecule has 0 unspecified atom stereocenters. The highest BCUT2D eigenvalue weighted by molar-refractivity contribution is 5.42. The van der Waals surface area contributed by atoms with Gasteiger partial charge >= 0.3 is 0 Å². The monoisotopic (exact) mass is 254 g/mol. The van der Waals surface area contributed by atoms with Gasteiger partial charge in [-0.1, -0.05) is 29.8 Å². The number of nitrogens with zero attached hydrogens (tertiary/aromatic N) is 3. The summed E-state index contributed by atoms with van der Waals surface area (Å²) in [6.45, 7) is 3.94. The van der Waals surface area contributed by atoms with Crippen molar-refractivity contribution in [1.82, 2.24) is 19.8 Å². The average Bonchev–Trinajstić information content (AvgIpc) is 2.85. The fraction of sp³-hybridized carbons (Fsp3) is 0.214. The molecule has 0 amide bonds. The molecule has 3 aromatic rings. The summed E-state index contributed by atoms with van der Waals surface area (Å²) in [5, 5.41) is 10.7. The number of H-pyrrole nitrogens is 1. The van der Waals surface area contributed by atoms with Crippen LogP contribution < -0.4 is 5.43 Å². The predicted octanol–water partition coefficient (Wildman–Crippen LogP) is 1.63. The van der Waals surface area contributed by atoms with Gasteiger partial charge in [0, 0.05) is 17.7 Å². The van der Waals surface area contributed by atoms with E-state index < -0.39 is 0 Å². The van der Waals surface area contributed by atoms with Crippen LogP contribution in [-0.2, 0) is 6.42 Å². The largest absolute Gasteiger partial charge is 0.295 e. The van der Waals surface area contributed by atoms with Gasteiger partial charge in [0.05, 0.1) is 0 Å². The molecule has 96 valence electrons. The molecule has 1 N–H and O–H groups in total. The highest BCUT2D eigenvalue weighted by Gasteiger charge is 2.11. The van der Waals surface area contributed by atoms with Crippen molar-refractivity contribution in [1.29, 1.82) is 0 Å². The first-order valence-electron chi connectivity index (χ1n) is 6.12. The van der Waals surface area contributed by atoms with E-state index in [1.165, 1.54) is 11.9 Å². The first-order valence-corrected chi connectivity index (χ1v) is 6.12. The molecule has 19 heavy (non-hydrogen) atoms. The Labute approximate surface area is 109 Å². The number of aromatic amines is 1. The van der Waals surface area contributed by atoms with E-state index in [9.17, 15) is 4.79 Å². The van der Waals surface area contributed by atoms with E-state index in [2.05, 4.69) is 27.4 Å². The van der Waals surface area contributed by atoms with Gasteiger partial charge in [0.15, 0.2) is 0 Å². The fourth-order valence-corrected chi connectivity index (χ4v) is 2.15. The molecule has 0 bridgehead atoms. The van der Waals surface area contributed by atoms with Crippen LogP contribution in [0.5, 0.6) is 0 Å². The maximum atomic E-state index is 12.3. The number of hydrogen-bond donors (Lipinski definition) is 1. The summed E-state index contributed by atoms with van der Waals surface area (Å²) < 4.78 is 1.55. The summed E-state index contributed by atoms with van der Waals surface area (Å²) in [6.07, 6.45) is 2.10. The minimum absolute atomic E-state index is 0.0608. The molecule has 0 saturated carbocycles. The van der Waals surface area contributed by atoms with Crippen LogP contribution in [0.2, 0.25) is 0 Å². The highest BCUT2D eigenvalue weighted by Crippen LogP contribution is 2.10. The Morgan fingerprint density at radius 2 is 1.95 bits per heavy atom. The molecule has 5 heteroatoms. The Hall–Kier alpha value is -2.43. The summed E-state index contributed by atoms with van der Waals surface area (Å²) in [7, 11) is 0. The molecule has 3 rings (SSSR count). The molecule has 0 fully saturated rings. The summed E-state index contributed by atoms with van der Waals surface area (Å²) in [5.41, 5.74) is 4.19. The van der Waals surface area contributed by atoms with E-state index in [0.717, 1.165) is 16.8 Å². The molecule has 5 nitrogen and oxygen atoms in total. The van der Waals surface area contributed by atoms with Crippen molar-refractivity contribution in [3.05, 3.63) is 63.2 Å². The average molecular weight is 254 g/mol. The third-order valence-electron chi connectivity index (χ3n) is 3.27. The van der Waals surface area contributed by atoms with Gasteiger partial charge in [-0.2, -0.15) is 0 Å². The van der Waals surface area contributed by atoms with Gasteiger partial charge in [-0.05, 0) is 19.4 Å². The fourth-order valence-electron chi connectivity index (χ4n) is 2.15. The Bertz CT molecular complexity index is 783. The van der Waals surface area contributed by atoms with Crippen molar-refractivity contribution in [3.8, 4) is 0 Å². The van der Waals surface area contributed by atoms with Gasteiger partial charge in [-0.3, -0.25) is 9.89 Å². The van der Waals surface area contributed by atoms with Crippen LogP contribution in [0.25, 0.3) is 5.65 Å². The Morgan fingerprint density at radius 1 is 1.21 bits per heavy atom. The first-order chi connectivity index (χ1) is 9.15. The number of rotatable bonds is 2. The Morgan fingerprint density at radius 3 is 2.68 bits per heavy atom. The Balaban J connectivity index is 2.09. The lowest BCUT2D eigenvalue weighted by atomic mass is 10.0. The Kier molecular flexibility index (Phi) is 2.67. The lowest BCUT2D eigenvalue weighted by Crippen LogP contribution is -2.17. The molecule has 0 aliphatic heterocycles.